The quantitative estimate of drug-likeness (QED) is 0.347. The number of benzene rings is 1. The first-order valence-corrected chi connectivity index (χ1v) is 12.0. The van der Waals surface area contributed by atoms with Gasteiger partial charge in [0.2, 0.25) is 0 Å². The largest absolute Gasteiger partial charge is 0.392 e. The van der Waals surface area contributed by atoms with Gasteiger partial charge in [-0.25, -0.2) is 9.37 Å². The number of pyridine rings is 1. The zero-order chi connectivity index (χ0) is 25.2. The summed E-state index contributed by atoms with van der Waals surface area (Å²) < 4.78 is 26.8. The average molecular weight is 512 g/mol. The zero-order valence-electron chi connectivity index (χ0n) is 20.0. The van der Waals surface area contributed by atoms with Gasteiger partial charge in [0.1, 0.15) is 17.4 Å². The van der Waals surface area contributed by atoms with Crippen molar-refractivity contribution in [2.75, 3.05) is 19.0 Å². The van der Waals surface area contributed by atoms with E-state index >= 15 is 0 Å². The molecule has 5 rings (SSSR count). The molecule has 0 radical (unpaired) electrons. The van der Waals surface area contributed by atoms with Crippen LogP contribution in [0.5, 0.6) is 0 Å². The van der Waals surface area contributed by atoms with Crippen molar-refractivity contribution in [2.24, 2.45) is 0 Å². The van der Waals surface area contributed by atoms with Gasteiger partial charge in [-0.05, 0) is 42.3 Å². The van der Waals surface area contributed by atoms with Crippen LogP contribution in [0.15, 0.2) is 53.3 Å². The number of aliphatic hydroxyl groups is 1. The molecule has 0 saturated carbocycles. The van der Waals surface area contributed by atoms with E-state index in [4.69, 9.17) is 20.9 Å². The fraction of sp³-hybridized carbons (Fsp3) is 0.308. The van der Waals surface area contributed by atoms with E-state index in [2.05, 4.69) is 37.2 Å². The van der Waals surface area contributed by atoms with E-state index < -0.39 is 0 Å². The first-order valence-electron chi connectivity index (χ1n) is 11.6. The van der Waals surface area contributed by atoms with Gasteiger partial charge < -0.3 is 24.3 Å². The molecular weight excluding hydrogens is 485 g/mol. The molecule has 0 spiro atoms. The molecule has 0 amide bonds. The molecule has 8 nitrogen and oxygen atoms in total. The molecule has 4 aromatic rings. The van der Waals surface area contributed by atoms with Crippen LogP contribution in [0.3, 0.4) is 0 Å². The van der Waals surface area contributed by atoms with E-state index in [1.54, 1.807) is 25.4 Å². The molecule has 3 aromatic heterocycles. The third kappa shape index (κ3) is 5.15. The first-order chi connectivity index (χ1) is 17.4. The van der Waals surface area contributed by atoms with Crippen LogP contribution in [0.1, 0.15) is 22.6 Å². The van der Waals surface area contributed by atoms with Crippen LogP contribution < -0.4 is 5.32 Å². The number of nitrogens with zero attached hydrogens (tertiary/aromatic N) is 4. The molecule has 188 valence electrons. The average Bonchev–Trinajstić information content (AvgIpc) is 3.46. The predicted molar refractivity (Wildman–Crippen MR) is 134 cm³/mol. The lowest BCUT2D eigenvalue weighted by Crippen LogP contribution is -2.44. The van der Waals surface area contributed by atoms with Crippen molar-refractivity contribution < 1.29 is 18.8 Å². The molecule has 1 aromatic carbocycles. The number of ether oxygens (including phenoxy) is 1. The van der Waals surface area contributed by atoms with E-state index in [1.165, 1.54) is 12.1 Å². The standard InChI is InChI=1S/C26H27ClFN5O3/c1-16-5-26(31-36-16)30-25-8-23(24(27)9-29-25)19-7-21-12-33(22(15-35-2)13-32(21)11-19)10-18-6-20(28)4-3-17(18)14-34/h3-9,11,22,34H,10,12-15H2,1-2H3,(H,29,30,31)/t22-/m1/s1. The first kappa shape index (κ1) is 24.5. The Morgan fingerprint density at radius 2 is 2.08 bits per heavy atom. The Labute approximate surface area is 213 Å². The molecule has 0 saturated heterocycles. The summed E-state index contributed by atoms with van der Waals surface area (Å²) in [4.78, 5) is 6.62. The molecule has 0 aliphatic carbocycles. The van der Waals surface area contributed by atoms with Gasteiger partial charge >= 0.3 is 0 Å². The summed E-state index contributed by atoms with van der Waals surface area (Å²) in [5.41, 5.74) is 4.42. The summed E-state index contributed by atoms with van der Waals surface area (Å²) in [6.07, 6.45) is 3.70. The van der Waals surface area contributed by atoms with E-state index in [0.29, 0.717) is 48.7 Å². The monoisotopic (exact) mass is 511 g/mol. The lowest BCUT2D eigenvalue weighted by molar-refractivity contribution is 0.0536. The molecular formula is C26H27ClFN5O3. The smallest absolute Gasteiger partial charge is 0.175 e. The Balaban J connectivity index is 1.42. The van der Waals surface area contributed by atoms with Crippen LogP contribution in [0, 0.1) is 12.7 Å². The molecule has 10 heteroatoms. The number of anilines is 2. The molecule has 1 aliphatic rings. The number of hydrogen-bond acceptors (Lipinski definition) is 7. The second kappa shape index (κ2) is 10.4. The Morgan fingerprint density at radius 1 is 1.22 bits per heavy atom. The van der Waals surface area contributed by atoms with Gasteiger partial charge in [0, 0.05) is 62.0 Å². The van der Waals surface area contributed by atoms with Crippen LogP contribution in [-0.4, -0.2) is 44.5 Å². The minimum Gasteiger partial charge on any atom is -0.392 e. The van der Waals surface area contributed by atoms with Crippen molar-refractivity contribution in [3.05, 3.63) is 82.2 Å². The number of aromatic nitrogens is 3. The fourth-order valence-corrected chi connectivity index (χ4v) is 4.83. The van der Waals surface area contributed by atoms with Crippen molar-refractivity contribution in [1.29, 1.82) is 0 Å². The van der Waals surface area contributed by atoms with Crippen molar-refractivity contribution in [1.82, 2.24) is 19.6 Å². The van der Waals surface area contributed by atoms with Crippen LogP contribution in [-0.2, 0) is 31.0 Å². The van der Waals surface area contributed by atoms with Gasteiger partial charge in [-0.1, -0.05) is 22.8 Å². The SMILES string of the molecule is COC[C@H]1Cn2cc(-c3cc(Nc4cc(C)on4)ncc3Cl)cc2CN1Cc1cc(F)ccc1CO. The Morgan fingerprint density at radius 3 is 2.83 bits per heavy atom. The molecule has 0 fully saturated rings. The number of methoxy groups -OCH3 is 1. The van der Waals surface area contributed by atoms with E-state index in [0.717, 1.165) is 27.9 Å². The number of aryl methyl sites for hydroxylation is 1. The van der Waals surface area contributed by atoms with Gasteiger partial charge in [-0.3, -0.25) is 4.90 Å². The van der Waals surface area contributed by atoms with E-state index in [-0.39, 0.29) is 18.5 Å². The number of aliphatic hydroxyl groups excluding tert-OH is 1. The molecule has 0 bridgehead atoms. The summed E-state index contributed by atoms with van der Waals surface area (Å²) in [5, 5.41) is 17.4. The molecule has 36 heavy (non-hydrogen) atoms. The molecule has 0 unspecified atom stereocenters. The van der Waals surface area contributed by atoms with Crippen molar-refractivity contribution >= 4 is 23.2 Å². The highest BCUT2D eigenvalue weighted by Gasteiger charge is 2.28. The van der Waals surface area contributed by atoms with Crippen molar-refractivity contribution in [3.63, 3.8) is 0 Å². The minimum atomic E-state index is -0.314. The van der Waals surface area contributed by atoms with Gasteiger partial charge in [0.05, 0.1) is 24.3 Å². The van der Waals surface area contributed by atoms with Gasteiger partial charge in [0.15, 0.2) is 5.82 Å². The maximum absolute atomic E-state index is 14.0. The maximum atomic E-state index is 14.0. The Kier molecular flexibility index (Phi) is 7.06. The number of halogens is 2. The minimum absolute atomic E-state index is 0.0816. The number of hydrogen-bond donors (Lipinski definition) is 2. The second-order valence-corrected chi connectivity index (χ2v) is 9.36. The van der Waals surface area contributed by atoms with Crippen LogP contribution in [0.4, 0.5) is 16.0 Å². The van der Waals surface area contributed by atoms with Crippen LogP contribution >= 0.6 is 11.6 Å². The van der Waals surface area contributed by atoms with Gasteiger partial charge in [0.25, 0.3) is 0 Å². The van der Waals surface area contributed by atoms with Gasteiger partial charge in [-0.15, -0.1) is 0 Å². The number of fused-ring (bicyclic) bond motifs is 1. The number of nitrogens with one attached hydrogen (secondary N) is 1. The third-order valence-electron chi connectivity index (χ3n) is 6.40. The summed E-state index contributed by atoms with van der Waals surface area (Å²) in [5.74, 6) is 1.56. The molecule has 1 atom stereocenters. The normalized spacial score (nSPS) is 15.8. The van der Waals surface area contributed by atoms with Crippen molar-refractivity contribution in [3.8, 4) is 11.1 Å². The Hall–Kier alpha value is -3.24. The highest BCUT2D eigenvalue weighted by atomic mass is 35.5. The lowest BCUT2D eigenvalue weighted by Gasteiger charge is -2.36. The van der Waals surface area contributed by atoms with Crippen LogP contribution in [0.2, 0.25) is 5.02 Å². The predicted octanol–water partition coefficient (Wildman–Crippen LogP) is 4.91. The topological polar surface area (TPSA) is 88.6 Å². The van der Waals surface area contributed by atoms with Crippen LogP contribution in [0.25, 0.3) is 11.1 Å². The molecule has 4 heterocycles. The van der Waals surface area contributed by atoms with E-state index in [9.17, 15) is 9.50 Å². The highest BCUT2D eigenvalue weighted by Crippen LogP contribution is 2.34. The highest BCUT2D eigenvalue weighted by molar-refractivity contribution is 6.33. The van der Waals surface area contributed by atoms with Crippen molar-refractivity contribution in [2.45, 2.75) is 39.2 Å². The Bertz CT molecular complexity index is 1370. The lowest BCUT2D eigenvalue weighted by atomic mass is 10.0. The zero-order valence-corrected chi connectivity index (χ0v) is 20.8. The maximum Gasteiger partial charge on any atom is 0.175 e. The summed E-state index contributed by atoms with van der Waals surface area (Å²) in [7, 11) is 1.68. The van der Waals surface area contributed by atoms with E-state index in [1.807, 2.05) is 13.0 Å². The summed E-state index contributed by atoms with van der Waals surface area (Å²) >= 11 is 6.54. The molecule has 1 aliphatic heterocycles. The number of rotatable bonds is 8. The summed E-state index contributed by atoms with van der Waals surface area (Å²) in [6, 6.07) is 10.4. The van der Waals surface area contributed by atoms with Gasteiger partial charge in [-0.2, -0.15) is 0 Å². The molecule has 2 N–H and O–H groups in total. The second-order valence-electron chi connectivity index (χ2n) is 8.95. The third-order valence-corrected chi connectivity index (χ3v) is 6.70. The summed E-state index contributed by atoms with van der Waals surface area (Å²) in [6.45, 7) is 4.06. The fourth-order valence-electron chi connectivity index (χ4n) is 4.62.